The number of anilines is 1. The van der Waals surface area contributed by atoms with E-state index in [1.807, 2.05) is 43.9 Å². The quantitative estimate of drug-likeness (QED) is 0.854. The first-order valence-corrected chi connectivity index (χ1v) is 8.30. The van der Waals surface area contributed by atoms with Crippen LogP contribution in [-0.4, -0.2) is 35.6 Å². The smallest absolute Gasteiger partial charge is 0.412 e. The number of hydrogen-bond donors (Lipinski definition) is 1. The van der Waals surface area contributed by atoms with Gasteiger partial charge >= 0.3 is 6.09 Å². The molecule has 1 fully saturated rings. The highest BCUT2D eigenvalue weighted by molar-refractivity contribution is 5.87. The molecule has 1 saturated heterocycles. The van der Waals surface area contributed by atoms with Crippen molar-refractivity contribution in [1.82, 2.24) is 4.90 Å². The van der Waals surface area contributed by atoms with E-state index < -0.39 is 11.7 Å². The van der Waals surface area contributed by atoms with Crippen LogP contribution in [0.2, 0.25) is 0 Å². The van der Waals surface area contributed by atoms with Crippen molar-refractivity contribution in [2.24, 2.45) is 0 Å². The van der Waals surface area contributed by atoms with Gasteiger partial charge in [-0.2, -0.15) is 0 Å². The fourth-order valence-electron chi connectivity index (χ4n) is 2.85. The Balaban J connectivity index is 1.97. The molecule has 1 aromatic carbocycles. The summed E-state index contributed by atoms with van der Waals surface area (Å²) in [7, 11) is 0. The highest BCUT2D eigenvalue weighted by Gasteiger charge is 2.23. The fourth-order valence-corrected chi connectivity index (χ4v) is 2.85. The molecule has 24 heavy (non-hydrogen) atoms. The summed E-state index contributed by atoms with van der Waals surface area (Å²) in [5, 5.41) is 2.78. The number of carbonyl (C=O) groups excluding carboxylic acids is 2. The molecule has 2 amide bonds. The van der Waals surface area contributed by atoms with Gasteiger partial charge in [0, 0.05) is 18.8 Å². The monoisotopic (exact) mass is 330 g/mol. The molecule has 0 radical (unpaired) electrons. The lowest BCUT2D eigenvalue weighted by Gasteiger charge is -2.31. The first kappa shape index (κ1) is 18.0. The molecule has 1 N–H and O–H groups in total. The first-order valence-electron chi connectivity index (χ1n) is 8.30. The van der Waals surface area contributed by atoms with Crippen LogP contribution in [0.5, 0.6) is 0 Å². The van der Waals surface area contributed by atoms with Crippen molar-refractivity contribution in [2.45, 2.75) is 45.1 Å². The fraction of sp³-hybridized carbons (Fsp3) is 0.474. The van der Waals surface area contributed by atoms with Crippen LogP contribution in [0.15, 0.2) is 36.9 Å². The third kappa shape index (κ3) is 5.11. The van der Waals surface area contributed by atoms with Crippen LogP contribution in [0.1, 0.15) is 45.1 Å². The summed E-state index contributed by atoms with van der Waals surface area (Å²) in [6.07, 6.45) is 2.74. The summed E-state index contributed by atoms with van der Waals surface area (Å²) < 4.78 is 5.28. The summed E-state index contributed by atoms with van der Waals surface area (Å²) in [6.45, 7) is 10.5. The molecule has 1 aliphatic rings. The first-order chi connectivity index (χ1) is 11.3. The van der Waals surface area contributed by atoms with Gasteiger partial charge in [0.05, 0.1) is 0 Å². The SMILES string of the molecule is C=CC(=O)N1CCC(c2cccc(NC(=O)OC(C)(C)C)c2)CC1. The second kappa shape index (κ2) is 7.51. The van der Waals surface area contributed by atoms with Crippen molar-refractivity contribution >= 4 is 17.7 Å². The minimum Gasteiger partial charge on any atom is -0.444 e. The summed E-state index contributed by atoms with van der Waals surface area (Å²) in [4.78, 5) is 25.4. The second-order valence-electron chi connectivity index (χ2n) is 7.06. The van der Waals surface area contributed by atoms with Gasteiger partial charge in [-0.25, -0.2) is 4.79 Å². The normalized spacial score (nSPS) is 15.7. The molecule has 5 nitrogen and oxygen atoms in total. The van der Waals surface area contributed by atoms with Crippen molar-refractivity contribution in [3.05, 3.63) is 42.5 Å². The number of ether oxygens (including phenoxy) is 1. The van der Waals surface area contributed by atoms with Gasteiger partial charge in [-0.15, -0.1) is 0 Å². The number of rotatable bonds is 3. The molecule has 1 aromatic rings. The van der Waals surface area contributed by atoms with Gasteiger partial charge in [0.25, 0.3) is 0 Å². The minimum absolute atomic E-state index is 0.00575. The van der Waals surface area contributed by atoms with E-state index in [1.54, 1.807) is 0 Å². The lowest BCUT2D eigenvalue weighted by molar-refractivity contribution is -0.127. The second-order valence-corrected chi connectivity index (χ2v) is 7.06. The van der Waals surface area contributed by atoms with Gasteiger partial charge in [0.2, 0.25) is 5.91 Å². The van der Waals surface area contributed by atoms with Crippen molar-refractivity contribution in [2.75, 3.05) is 18.4 Å². The van der Waals surface area contributed by atoms with Crippen LogP contribution < -0.4 is 5.32 Å². The molecule has 0 bridgehead atoms. The third-order valence-corrected chi connectivity index (χ3v) is 3.98. The van der Waals surface area contributed by atoms with Crippen LogP contribution >= 0.6 is 0 Å². The van der Waals surface area contributed by atoms with Crippen molar-refractivity contribution in [1.29, 1.82) is 0 Å². The zero-order valence-electron chi connectivity index (χ0n) is 14.7. The maximum Gasteiger partial charge on any atom is 0.412 e. The number of benzene rings is 1. The molecule has 0 aliphatic carbocycles. The van der Waals surface area contributed by atoms with E-state index >= 15 is 0 Å². The summed E-state index contributed by atoms with van der Waals surface area (Å²) in [6, 6.07) is 7.84. The predicted molar refractivity (Wildman–Crippen MR) is 95.1 cm³/mol. The molecule has 0 unspecified atom stereocenters. The number of likely N-dealkylation sites (tertiary alicyclic amines) is 1. The lowest BCUT2D eigenvalue weighted by Crippen LogP contribution is -2.36. The average Bonchev–Trinajstić information content (AvgIpc) is 2.52. The Morgan fingerprint density at radius 3 is 2.54 bits per heavy atom. The number of amides is 2. The number of nitrogens with one attached hydrogen (secondary N) is 1. The van der Waals surface area contributed by atoms with Crippen LogP contribution in [0, 0.1) is 0 Å². The molecule has 1 heterocycles. The Labute approximate surface area is 143 Å². The molecular formula is C19H26N2O3. The Morgan fingerprint density at radius 1 is 1.29 bits per heavy atom. The number of nitrogens with zero attached hydrogens (tertiary/aromatic N) is 1. The number of hydrogen-bond acceptors (Lipinski definition) is 3. The molecule has 0 aromatic heterocycles. The van der Waals surface area contributed by atoms with Crippen LogP contribution in [0.3, 0.4) is 0 Å². The third-order valence-electron chi connectivity index (χ3n) is 3.98. The zero-order chi connectivity index (χ0) is 17.7. The Hall–Kier alpha value is -2.30. The topological polar surface area (TPSA) is 58.6 Å². The van der Waals surface area contributed by atoms with Crippen LogP contribution in [0.25, 0.3) is 0 Å². The molecular weight excluding hydrogens is 304 g/mol. The molecule has 0 atom stereocenters. The summed E-state index contributed by atoms with van der Waals surface area (Å²) in [5.74, 6) is 0.382. The predicted octanol–water partition coefficient (Wildman–Crippen LogP) is 3.93. The maximum absolute atomic E-state index is 11.9. The van der Waals surface area contributed by atoms with Crippen molar-refractivity contribution in [3.63, 3.8) is 0 Å². The van der Waals surface area contributed by atoms with E-state index in [0.717, 1.165) is 31.6 Å². The largest absolute Gasteiger partial charge is 0.444 e. The van der Waals surface area contributed by atoms with Gasteiger partial charge in [0.1, 0.15) is 5.60 Å². The van der Waals surface area contributed by atoms with Gasteiger partial charge < -0.3 is 9.64 Å². The van der Waals surface area contributed by atoms with E-state index in [2.05, 4.69) is 18.0 Å². The minimum atomic E-state index is -0.522. The molecule has 2 rings (SSSR count). The standard InChI is InChI=1S/C19H26N2O3/c1-5-17(22)21-11-9-14(10-12-21)15-7-6-8-16(13-15)20-18(23)24-19(2,3)4/h5-8,13-14H,1,9-12H2,2-4H3,(H,20,23). The Morgan fingerprint density at radius 2 is 1.96 bits per heavy atom. The Kier molecular flexibility index (Phi) is 5.65. The molecule has 5 heteroatoms. The van der Waals surface area contributed by atoms with Crippen LogP contribution in [0.4, 0.5) is 10.5 Å². The molecule has 0 spiro atoms. The Bertz CT molecular complexity index is 611. The number of carbonyl (C=O) groups is 2. The zero-order valence-corrected chi connectivity index (χ0v) is 14.7. The van der Waals surface area contributed by atoms with Gasteiger partial charge in [-0.3, -0.25) is 10.1 Å². The van der Waals surface area contributed by atoms with E-state index in [1.165, 1.54) is 11.6 Å². The van der Waals surface area contributed by atoms with E-state index in [-0.39, 0.29) is 5.91 Å². The summed E-state index contributed by atoms with van der Waals surface area (Å²) >= 11 is 0. The lowest BCUT2D eigenvalue weighted by atomic mass is 9.89. The molecule has 0 saturated carbocycles. The highest BCUT2D eigenvalue weighted by atomic mass is 16.6. The molecule has 130 valence electrons. The average molecular weight is 330 g/mol. The highest BCUT2D eigenvalue weighted by Crippen LogP contribution is 2.29. The van der Waals surface area contributed by atoms with Crippen LogP contribution in [-0.2, 0) is 9.53 Å². The maximum atomic E-state index is 11.9. The number of piperidine rings is 1. The summed E-state index contributed by atoms with van der Waals surface area (Å²) in [5.41, 5.74) is 1.38. The van der Waals surface area contributed by atoms with Gasteiger partial charge in [0.15, 0.2) is 0 Å². The van der Waals surface area contributed by atoms with Gasteiger partial charge in [-0.1, -0.05) is 18.7 Å². The van der Waals surface area contributed by atoms with E-state index in [9.17, 15) is 9.59 Å². The van der Waals surface area contributed by atoms with E-state index in [4.69, 9.17) is 4.74 Å². The van der Waals surface area contributed by atoms with Crippen molar-refractivity contribution < 1.29 is 14.3 Å². The van der Waals surface area contributed by atoms with Gasteiger partial charge in [-0.05, 0) is 63.3 Å². The molecule has 1 aliphatic heterocycles. The van der Waals surface area contributed by atoms with Crippen molar-refractivity contribution in [3.8, 4) is 0 Å². The van der Waals surface area contributed by atoms with E-state index in [0.29, 0.717) is 5.92 Å².